The van der Waals surface area contributed by atoms with Crippen LogP contribution in [0.25, 0.3) is 0 Å². The van der Waals surface area contributed by atoms with Crippen LogP contribution in [0.15, 0.2) is 18.3 Å². The Kier molecular flexibility index (Phi) is 3.40. The fraction of sp³-hybridized carbons (Fsp3) is 0.455. The standard InChI is InChI=1S/C11H13N3O4/c15-11(16)5-8-3-4-13(7-8)10-2-1-9(6-12-10)14(17)18/h1-2,6,8H,3-5,7H2,(H,15,16). The first-order chi connectivity index (χ1) is 8.56. The number of anilines is 1. The zero-order valence-corrected chi connectivity index (χ0v) is 9.65. The number of aromatic nitrogens is 1. The zero-order chi connectivity index (χ0) is 13.1. The van der Waals surface area contributed by atoms with Gasteiger partial charge in [0.05, 0.1) is 4.92 Å². The van der Waals surface area contributed by atoms with E-state index in [4.69, 9.17) is 5.11 Å². The number of pyridine rings is 1. The number of carbonyl (C=O) groups is 1. The average Bonchev–Trinajstić information content (AvgIpc) is 2.76. The molecule has 2 rings (SSSR count). The molecule has 1 aliphatic heterocycles. The number of nitrogens with zero attached hydrogens (tertiary/aromatic N) is 3. The molecule has 0 amide bonds. The number of aliphatic carboxylic acids is 1. The van der Waals surface area contributed by atoms with E-state index in [1.807, 2.05) is 4.90 Å². The third kappa shape index (κ3) is 2.73. The van der Waals surface area contributed by atoms with Gasteiger partial charge in [0.2, 0.25) is 0 Å². The summed E-state index contributed by atoms with van der Waals surface area (Å²) in [5.41, 5.74) is -0.0416. The van der Waals surface area contributed by atoms with E-state index >= 15 is 0 Å². The molecule has 1 N–H and O–H groups in total. The molecule has 0 aromatic carbocycles. The molecule has 0 radical (unpaired) electrons. The molecule has 0 spiro atoms. The number of nitro groups is 1. The van der Waals surface area contributed by atoms with E-state index in [1.54, 1.807) is 6.07 Å². The highest BCUT2D eigenvalue weighted by Gasteiger charge is 2.25. The first-order valence-electron chi connectivity index (χ1n) is 5.63. The predicted octanol–water partition coefficient (Wildman–Crippen LogP) is 1.29. The van der Waals surface area contributed by atoms with Crippen molar-refractivity contribution < 1.29 is 14.8 Å². The molecule has 1 atom stereocenters. The van der Waals surface area contributed by atoms with Gasteiger partial charge in [0.1, 0.15) is 12.0 Å². The first-order valence-corrected chi connectivity index (χ1v) is 5.63. The van der Waals surface area contributed by atoms with E-state index in [2.05, 4.69) is 4.98 Å². The molecule has 1 aromatic rings. The summed E-state index contributed by atoms with van der Waals surface area (Å²) in [5, 5.41) is 19.2. The van der Waals surface area contributed by atoms with Gasteiger partial charge in [-0.2, -0.15) is 0 Å². The van der Waals surface area contributed by atoms with Crippen LogP contribution in [0.4, 0.5) is 11.5 Å². The number of hydrogen-bond donors (Lipinski definition) is 1. The van der Waals surface area contributed by atoms with Crippen molar-refractivity contribution >= 4 is 17.5 Å². The molecule has 1 fully saturated rings. The molecule has 0 aliphatic carbocycles. The molecule has 1 unspecified atom stereocenters. The Hall–Kier alpha value is -2.18. The van der Waals surface area contributed by atoms with Crippen LogP contribution < -0.4 is 4.90 Å². The number of carboxylic acids is 1. The highest BCUT2D eigenvalue weighted by Crippen LogP contribution is 2.25. The van der Waals surface area contributed by atoms with Gasteiger partial charge in [0, 0.05) is 25.6 Å². The second kappa shape index (κ2) is 4.99. The minimum atomic E-state index is -0.793. The van der Waals surface area contributed by atoms with E-state index < -0.39 is 10.9 Å². The van der Waals surface area contributed by atoms with Crippen LogP contribution in [0.5, 0.6) is 0 Å². The van der Waals surface area contributed by atoms with Gasteiger partial charge in [-0.15, -0.1) is 0 Å². The third-order valence-corrected chi connectivity index (χ3v) is 3.02. The van der Waals surface area contributed by atoms with Gasteiger partial charge in [0.15, 0.2) is 0 Å². The minimum Gasteiger partial charge on any atom is -0.481 e. The molecular weight excluding hydrogens is 238 g/mol. The van der Waals surface area contributed by atoms with Gasteiger partial charge in [-0.05, 0) is 18.4 Å². The van der Waals surface area contributed by atoms with Crippen LogP contribution in [0.1, 0.15) is 12.8 Å². The van der Waals surface area contributed by atoms with Crippen molar-refractivity contribution in [2.75, 3.05) is 18.0 Å². The first kappa shape index (κ1) is 12.3. The van der Waals surface area contributed by atoms with Crippen molar-refractivity contribution in [1.29, 1.82) is 0 Å². The van der Waals surface area contributed by atoms with Crippen molar-refractivity contribution in [3.05, 3.63) is 28.4 Å². The summed E-state index contributed by atoms with van der Waals surface area (Å²) in [6, 6.07) is 3.01. The maximum Gasteiger partial charge on any atom is 0.303 e. The van der Waals surface area contributed by atoms with Crippen LogP contribution in [0.2, 0.25) is 0 Å². The Labute approximate surface area is 103 Å². The molecule has 18 heavy (non-hydrogen) atoms. The van der Waals surface area contributed by atoms with Crippen molar-refractivity contribution in [3.8, 4) is 0 Å². The summed E-state index contributed by atoms with van der Waals surface area (Å²) in [5.74, 6) is -0.00788. The highest BCUT2D eigenvalue weighted by atomic mass is 16.6. The van der Waals surface area contributed by atoms with E-state index in [1.165, 1.54) is 12.3 Å². The Morgan fingerprint density at radius 3 is 2.94 bits per heavy atom. The summed E-state index contributed by atoms with van der Waals surface area (Å²) in [6.45, 7) is 1.37. The lowest BCUT2D eigenvalue weighted by atomic mass is 10.1. The van der Waals surface area contributed by atoms with Crippen LogP contribution in [-0.2, 0) is 4.79 Å². The minimum absolute atomic E-state index is 0.0416. The Morgan fingerprint density at radius 2 is 2.39 bits per heavy atom. The van der Waals surface area contributed by atoms with Crippen molar-refractivity contribution in [2.45, 2.75) is 12.8 Å². The van der Waals surface area contributed by atoms with Crippen molar-refractivity contribution in [3.63, 3.8) is 0 Å². The number of carboxylic acid groups (broad SMARTS) is 1. The number of hydrogen-bond acceptors (Lipinski definition) is 5. The second-order valence-corrected chi connectivity index (χ2v) is 4.33. The van der Waals surface area contributed by atoms with E-state index in [0.29, 0.717) is 12.4 Å². The van der Waals surface area contributed by atoms with Crippen LogP contribution in [0, 0.1) is 16.0 Å². The number of rotatable bonds is 4. The Balaban J connectivity index is 2.01. The molecule has 7 heteroatoms. The largest absolute Gasteiger partial charge is 0.481 e. The molecule has 0 bridgehead atoms. The summed E-state index contributed by atoms with van der Waals surface area (Å²) in [6.07, 6.45) is 2.19. The predicted molar refractivity (Wildman–Crippen MR) is 63.5 cm³/mol. The topological polar surface area (TPSA) is 96.6 Å². The van der Waals surface area contributed by atoms with Crippen LogP contribution in [-0.4, -0.2) is 34.1 Å². The molecule has 1 saturated heterocycles. The van der Waals surface area contributed by atoms with Gasteiger partial charge in [0.25, 0.3) is 5.69 Å². The quantitative estimate of drug-likeness (QED) is 0.639. The summed E-state index contributed by atoms with van der Waals surface area (Å²) in [7, 11) is 0. The lowest BCUT2D eigenvalue weighted by Crippen LogP contribution is -2.21. The Morgan fingerprint density at radius 1 is 1.61 bits per heavy atom. The van der Waals surface area contributed by atoms with Crippen LogP contribution in [0.3, 0.4) is 0 Å². The van der Waals surface area contributed by atoms with E-state index in [0.717, 1.165) is 13.0 Å². The molecule has 7 nitrogen and oxygen atoms in total. The third-order valence-electron chi connectivity index (χ3n) is 3.02. The summed E-state index contributed by atoms with van der Waals surface area (Å²) in [4.78, 5) is 26.6. The highest BCUT2D eigenvalue weighted by molar-refractivity contribution is 5.67. The fourth-order valence-corrected chi connectivity index (χ4v) is 2.13. The summed E-state index contributed by atoms with van der Waals surface area (Å²) < 4.78 is 0. The van der Waals surface area contributed by atoms with Gasteiger partial charge in [-0.1, -0.05) is 0 Å². The van der Waals surface area contributed by atoms with Crippen molar-refractivity contribution in [1.82, 2.24) is 4.98 Å². The maximum absolute atomic E-state index is 10.6. The summed E-state index contributed by atoms with van der Waals surface area (Å²) >= 11 is 0. The Bertz CT molecular complexity index is 460. The lowest BCUT2D eigenvalue weighted by molar-refractivity contribution is -0.385. The molecule has 0 saturated carbocycles. The van der Waals surface area contributed by atoms with Gasteiger partial charge >= 0.3 is 5.97 Å². The fourth-order valence-electron chi connectivity index (χ4n) is 2.13. The molecule has 1 aromatic heterocycles. The maximum atomic E-state index is 10.6. The van der Waals surface area contributed by atoms with Gasteiger partial charge < -0.3 is 10.0 Å². The van der Waals surface area contributed by atoms with Gasteiger partial charge in [-0.25, -0.2) is 4.98 Å². The molecule has 1 aliphatic rings. The molecular formula is C11H13N3O4. The molecule has 96 valence electrons. The molecule has 2 heterocycles. The monoisotopic (exact) mass is 251 g/mol. The normalized spacial score (nSPS) is 18.9. The second-order valence-electron chi connectivity index (χ2n) is 4.33. The van der Waals surface area contributed by atoms with E-state index in [-0.39, 0.29) is 18.0 Å². The smallest absolute Gasteiger partial charge is 0.303 e. The van der Waals surface area contributed by atoms with Crippen LogP contribution >= 0.6 is 0 Å². The SMILES string of the molecule is O=C(O)CC1CCN(c2ccc([N+](=O)[O-])cn2)C1. The average molecular weight is 251 g/mol. The van der Waals surface area contributed by atoms with Gasteiger partial charge in [-0.3, -0.25) is 14.9 Å². The van der Waals surface area contributed by atoms with E-state index in [9.17, 15) is 14.9 Å². The van der Waals surface area contributed by atoms with Crippen molar-refractivity contribution in [2.24, 2.45) is 5.92 Å². The lowest BCUT2D eigenvalue weighted by Gasteiger charge is -2.16. The zero-order valence-electron chi connectivity index (χ0n) is 9.65.